The fraction of sp³-hybridized carbons (Fsp3) is 0.292. The molecule has 3 heterocycles. The smallest absolute Gasteiger partial charge is 0.306 e. The topological polar surface area (TPSA) is 119 Å². The summed E-state index contributed by atoms with van der Waals surface area (Å²) in [5.74, 6) is -1.96. The van der Waals surface area contributed by atoms with Gasteiger partial charge >= 0.3 is 5.97 Å². The van der Waals surface area contributed by atoms with Crippen LogP contribution in [0.1, 0.15) is 24.8 Å². The normalized spacial score (nSPS) is 22.7. The second-order valence-corrected chi connectivity index (χ2v) is 9.16. The predicted octanol–water partition coefficient (Wildman–Crippen LogP) is 3.99. The maximum Gasteiger partial charge on any atom is 0.306 e. The van der Waals surface area contributed by atoms with E-state index in [4.69, 9.17) is 4.52 Å². The van der Waals surface area contributed by atoms with E-state index >= 15 is 0 Å². The second kappa shape index (κ2) is 7.97. The molecule has 178 valence electrons. The number of benzene rings is 1. The van der Waals surface area contributed by atoms with E-state index in [1.807, 2.05) is 0 Å². The summed E-state index contributed by atoms with van der Waals surface area (Å²) < 4.78 is 35.5. The van der Waals surface area contributed by atoms with E-state index in [2.05, 4.69) is 25.5 Å². The number of aliphatic carboxylic acids is 1. The van der Waals surface area contributed by atoms with Crippen molar-refractivity contribution in [2.75, 3.05) is 5.32 Å². The van der Waals surface area contributed by atoms with Crippen molar-refractivity contribution in [3.05, 3.63) is 66.1 Å². The van der Waals surface area contributed by atoms with Crippen LogP contribution in [0.3, 0.4) is 0 Å². The highest BCUT2D eigenvalue weighted by Gasteiger charge is 2.58. The summed E-state index contributed by atoms with van der Waals surface area (Å²) in [6, 6.07) is 9.73. The van der Waals surface area contributed by atoms with Gasteiger partial charge in [0.2, 0.25) is 0 Å². The number of hydrogen-bond donors (Lipinski definition) is 2. The number of nitrogens with one attached hydrogen (secondary N) is 1. The summed E-state index contributed by atoms with van der Waals surface area (Å²) in [5, 5.41) is 21.1. The summed E-state index contributed by atoms with van der Waals surface area (Å²) in [6.07, 6.45) is 4.24. The lowest BCUT2D eigenvalue weighted by Crippen LogP contribution is -2.43. The minimum absolute atomic E-state index is 0.00567. The van der Waals surface area contributed by atoms with Crippen molar-refractivity contribution in [2.24, 2.45) is 11.8 Å². The van der Waals surface area contributed by atoms with Gasteiger partial charge in [0.1, 0.15) is 23.5 Å². The Kier molecular flexibility index (Phi) is 4.87. The quantitative estimate of drug-likeness (QED) is 0.409. The SMILES string of the molecule is O=C(O)C1CC2(Nc3nc(-c4cc(-c5ccon5)n(Cc5ccccc5F)n4)ncc3F)CC1C2. The molecule has 1 unspecified atom stereocenters. The minimum Gasteiger partial charge on any atom is -0.481 e. The van der Waals surface area contributed by atoms with Gasteiger partial charge in [-0.25, -0.2) is 18.7 Å². The van der Waals surface area contributed by atoms with E-state index in [9.17, 15) is 18.7 Å². The van der Waals surface area contributed by atoms with Crippen molar-refractivity contribution in [1.29, 1.82) is 0 Å². The van der Waals surface area contributed by atoms with E-state index in [1.165, 1.54) is 12.3 Å². The molecule has 3 fully saturated rings. The maximum atomic E-state index is 14.6. The zero-order chi connectivity index (χ0) is 24.2. The van der Waals surface area contributed by atoms with Crippen molar-refractivity contribution in [1.82, 2.24) is 24.9 Å². The monoisotopic (exact) mass is 478 g/mol. The van der Waals surface area contributed by atoms with Gasteiger partial charge in [0.25, 0.3) is 0 Å². The average molecular weight is 478 g/mol. The van der Waals surface area contributed by atoms with Gasteiger partial charge in [-0.2, -0.15) is 5.10 Å². The summed E-state index contributed by atoms with van der Waals surface area (Å²) in [4.78, 5) is 19.9. The zero-order valence-electron chi connectivity index (χ0n) is 18.4. The van der Waals surface area contributed by atoms with Gasteiger partial charge in [0, 0.05) is 17.2 Å². The van der Waals surface area contributed by atoms with Gasteiger partial charge in [0.05, 0.1) is 24.4 Å². The Bertz CT molecular complexity index is 1410. The molecule has 11 heteroatoms. The molecule has 9 nitrogen and oxygen atoms in total. The van der Waals surface area contributed by atoms with Crippen LogP contribution < -0.4 is 5.32 Å². The first kappa shape index (κ1) is 21.4. The van der Waals surface area contributed by atoms with Crippen LogP contribution in [0.4, 0.5) is 14.6 Å². The number of nitrogens with zero attached hydrogens (tertiary/aromatic N) is 5. The molecule has 0 spiro atoms. The van der Waals surface area contributed by atoms with Crippen LogP contribution in [-0.2, 0) is 11.3 Å². The van der Waals surface area contributed by atoms with Crippen LogP contribution in [0.5, 0.6) is 0 Å². The molecule has 3 aliphatic rings. The Morgan fingerprint density at radius 3 is 2.71 bits per heavy atom. The molecule has 0 saturated heterocycles. The number of fused-ring (bicyclic) bond motifs is 1. The molecule has 35 heavy (non-hydrogen) atoms. The third-order valence-electron chi connectivity index (χ3n) is 6.92. The molecule has 0 amide bonds. The fourth-order valence-electron chi connectivity index (χ4n) is 5.24. The molecule has 1 aromatic carbocycles. The molecule has 2 bridgehead atoms. The predicted molar refractivity (Wildman–Crippen MR) is 119 cm³/mol. The molecule has 0 aliphatic heterocycles. The average Bonchev–Trinajstić information content (AvgIpc) is 3.59. The summed E-state index contributed by atoms with van der Waals surface area (Å²) in [7, 11) is 0. The maximum absolute atomic E-state index is 14.6. The molecule has 3 aromatic heterocycles. The van der Waals surface area contributed by atoms with E-state index in [-0.39, 0.29) is 29.9 Å². The van der Waals surface area contributed by atoms with Crippen LogP contribution >= 0.6 is 0 Å². The third-order valence-corrected chi connectivity index (χ3v) is 6.92. The first-order valence-electron chi connectivity index (χ1n) is 11.2. The molecule has 7 rings (SSSR count). The minimum atomic E-state index is -0.819. The molecule has 3 aliphatic carbocycles. The Morgan fingerprint density at radius 1 is 1.17 bits per heavy atom. The van der Waals surface area contributed by atoms with E-state index in [0.717, 1.165) is 6.20 Å². The summed E-state index contributed by atoms with van der Waals surface area (Å²) >= 11 is 0. The highest BCUT2D eigenvalue weighted by atomic mass is 19.1. The number of anilines is 1. The molecular formula is C24H20F2N6O3. The number of carboxylic acids is 1. The van der Waals surface area contributed by atoms with Crippen LogP contribution in [0.15, 0.2) is 53.4 Å². The van der Waals surface area contributed by atoms with E-state index in [1.54, 1.807) is 35.0 Å². The highest BCUT2D eigenvalue weighted by Crippen LogP contribution is 2.57. The first-order valence-corrected chi connectivity index (χ1v) is 11.2. The van der Waals surface area contributed by atoms with Gasteiger partial charge < -0.3 is 14.9 Å². The fourth-order valence-corrected chi connectivity index (χ4v) is 5.24. The number of halogens is 2. The Balaban J connectivity index is 1.33. The van der Waals surface area contributed by atoms with Crippen LogP contribution in [0.25, 0.3) is 22.9 Å². The van der Waals surface area contributed by atoms with E-state index in [0.29, 0.717) is 41.9 Å². The van der Waals surface area contributed by atoms with Crippen molar-refractivity contribution < 1.29 is 23.2 Å². The molecule has 2 N–H and O–H groups in total. The molecule has 4 aromatic rings. The number of carboxylic acid groups (broad SMARTS) is 1. The van der Waals surface area contributed by atoms with Gasteiger partial charge in [0.15, 0.2) is 17.5 Å². The molecule has 3 saturated carbocycles. The molecular weight excluding hydrogens is 458 g/mol. The Hall–Kier alpha value is -4.15. The van der Waals surface area contributed by atoms with Crippen LogP contribution in [-0.4, -0.2) is 41.5 Å². The number of aromatic nitrogens is 5. The summed E-state index contributed by atoms with van der Waals surface area (Å²) in [6.45, 7) is 0.127. The largest absolute Gasteiger partial charge is 0.481 e. The second-order valence-electron chi connectivity index (χ2n) is 9.16. The number of hydrogen-bond acceptors (Lipinski definition) is 7. The molecule has 0 radical (unpaired) electrons. The summed E-state index contributed by atoms with van der Waals surface area (Å²) in [5.41, 5.74) is 1.35. The van der Waals surface area contributed by atoms with Crippen LogP contribution in [0, 0.1) is 23.5 Å². The standard InChI is InChI=1S/C24H20F2N6O3/c25-16-4-2-1-3-13(16)12-32-20(18-5-6-35-31-18)7-19(30-32)22-27-11-17(26)21(28-22)29-24-8-14(9-24)15(10-24)23(33)34/h1-7,11,14-15H,8-10,12H2,(H,33,34)(H,27,28,29). The third kappa shape index (κ3) is 3.72. The van der Waals surface area contributed by atoms with Crippen molar-refractivity contribution in [3.8, 4) is 22.9 Å². The Labute approximate surface area is 197 Å². The van der Waals surface area contributed by atoms with E-state index < -0.39 is 23.2 Å². The van der Waals surface area contributed by atoms with Crippen molar-refractivity contribution in [3.63, 3.8) is 0 Å². The number of carbonyl (C=O) groups is 1. The first-order chi connectivity index (χ1) is 16.9. The Morgan fingerprint density at radius 2 is 2.00 bits per heavy atom. The van der Waals surface area contributed by atoms with Crippen molar-refractivity contribution in [2.45, 2.75) is 31.3 Å². The number of rotatable bonds is 7. The lowest BCUT2D eigenvalue weighted by Gasteiger charge is -2.39. The van der Waals surface area contributed by atoms with Gasteiger partial charge in [-0.1, -0.05) is 23.4 Å². The van der Waals surface area contributed by atoms with Gasteiger partial charge in [-0.05, 0) is 37.3 Å². The zero-order valence-corrected chi connectivity index (χ0v) is 18.4. The van der Waals surface area contributed by atoms with Gasteiger partial charge in [-0.15, -0.1) is 0 Å². The van der Waals surface area contributed by atoms with Crippen LogP contribution in [0.2, 0.25) is 0 Å². The highest BCUT2D eigenvalue weighted by molar-refractivity contribution is 5.72. The lowest BCUT2D eigenvalue weighted by molar-refractivity contribution is -0.142. The van der Waals surface area contributed by atoms with Gasteiger partial charge in [-0.3, -0.25) is 9.48 Å². The van der Waals surface area contributed by atoms with Crippen molar-refractivity contribution >= 4 is 11.8 Å². The lowest BCUT2D eigenvalue weighted by atomic mass is 9.76. The molecule has 1 atom stereocenters.